The lowest BCUT2D eigenvalue weighted by atomic mass is 9.82. The summed E-state index contributed by atoms with van der Waals surface area (Å²) in [6.07, 6.45) is -0.157. The number of rotatable bonds is 10. The normalized spacial score (nSPS) is 24.2. The highest BCUT2D eigenvalue weighted by molar-refractivity contribution is 6.71. The van der Waals surface area contributed by atoms with Crippen molar-refractivity contribution in [1.82, 2.24) is 4.90 Å². The standard InChI is InChI=1S/C35H41N3O6Si/c1-24-33(45(2,3)43)30(21-32(41)36(18-19-39)22-25-10-5-4-6-11-25)44-35(24)28-14-7-8-15-29(28)38(34(35)42)23-26-12-9-13-27(20-26)37-17-16-31(37)40/h4-15,20,24,30,33,39,43H,16-19,21-23H2,1-3H3/t24-,30+,33-,35+/m0/s1. The highest BCUT2D eigenvalue weighted by Gasteiger charge is 2.66. The van der Waals surface area contributed by atoms with Crippen LogP contribution in [0.4, 0.5) is 11.4 Å². The molecule has 0 aromatic heterocycles. The maximum absolute atomic E-state index is 14.7. The smallest absolute Gasteiger partial charge is 0.264 e. The number of aliphatic hydroxyl groups is 1. The second kappa shape index (κ2) is 12.2. The Morgan fingerprint density at radius 1 is 1.02 bits per heavy atom. The molecule has 9 nitrogen and oxygen atoms in total. The third-order valence-electron chi connectivity index (χ3n) is 9.62. The van der Waals surface area contributed by atoms with E-state index in [0.29, 0.717) is 26.1 Å². The van der Waals surface area contributed by atoms with Gasteiger partial charge in [-0.2, -0.15) is 0 Å². The van der Waals surface area contributed by atoms with Crippen LogP contribution in [0.2, 0.25) is 18.6 Å². The molecule has 4 atom stereocenters. The van der Waals surface area contributed by atoms with Crippen molar-refractivity contribution in [2.45, 2.75) is 63.2 Å². The van der Waals surface area contributed by atoms with Crippen LogP contribution in [0.15, 0.2) is 78.9 Å². The molecule has 45 heavy (non-hydrogen) atoms. The molecule has 3 amide bonds. The molecule has 1 spiro atoms. The minimum absolute atomic E-state index is 0.0120. The molecule has 0 unspecified atom stereocenters. The first-order chi connectivity index (χ1) is 21.5. The molecule has 3 aromatic rings. The molecule has 2 N–H and O–H groups in total. The van der Waals surface area contributed by atoms with Gasteiger partial charge in [0.25, 0.3) is 5.91 Å². The first kappa shape index (κ1) is 31.2. The first-order valence-corrected chi connectivity index (χ1v) is 18.7. The number of carbonyl (C=O) groups is 3. The van der Waals surface area contributed by atoms with Gasteiger partial charge in [0.2, 0.25) is 11.8 Å². The number of benzene rings is 3. The summed E-state index contributed by atoms with van der Waals surface area (Å²) in [6, 6.07) is 24.9. The van der Waals surface area contributed by atoms with Crippen LogP contribution < -0.4 is 9.80 Å². The van der Waals surface area contributed by atoms with Gasteiger partial charge in [-0.3, -0.25) is 14.4 Å². The van der Waals surface area contributed by atoms with Gasteiger partial charge in [0.1, 0.15) is 0 Å². The Bertz CT molecular complexity index is 1590. The second-order valence-electron chi connectivity index (χ2n) is 13.0. The lowest BCUT2D eigenvalue weighted by molar-refractivity contribution is -0.150. The molecule has 236 valence electrons. The number of para-hydroxylation sites is 1. The molecule has 2 saturated heterocycles. The number of carbonyl (C=O) groups excluding carboxylic acids is 3. The van der Waals surface area contributed by atoms with Gasteiger partial charge in [0, 0.05) is 48.8 Å². The van der Waals surface area contributed by atoms with Gasteiger partial charge in [0.15, 0.2) is 13.9 Å². The van der Waals surface area contributed by atoms with E-state index in [-0.39, 0.29) is 37.3 Å². The van der Waals surface area contributed by atoms with Gasteiger partial charge in [-0.05, 0) is 42.4 Å². The minimum atomic E-state index is -2.96. The zero-order chi connectivity index (χ0) is 31.9. The molecule has 3 aliphatic rings. The van der Waals surface area contributed by atoms with E-state index < -0.39 is 31.5 Å². The molecular weight excluding hydrogens is 586 g/mol. The average molecular weight is 628 g/mol. The first-order valence-electron chi connectivity index (χ1n) is 15.7. The van der Waals surface area contributed by atoms with E-state index in [1.807, 2.05) is 98.9 Å². The molecule has 3 aliphatic heterocycles. The fourth-order valence-corrected chi connectivity index (χ4v) is 10.1. The fourth-order valence-electron chi connectivity index (χ4n) is 7.50. The van der Waals surface area contributed by atoms with Crippen LogP contribution in [0.3, 0.4) is 0 Å². The van der Waals surface area contributed by atoms with Crippen LogP contribution in [-0.4, -0.2) is 66.6 Å². The van der Waals surface area contributed by atoms with Crippen molar-refractivity contribution in [3.05, 3.63) is 95.6 Å². The lowest BCUT2D eigenvalue weighted by Crippen LogP contribution is -2.46. The topological polar surface area (TPSA) is 111 Å². The van der Waals surface area contributed by atoms with Gasteiger partial charge in [0.05, 0.1) is 31.4 Å². The zero-order valence-electron chi connectivity index (χ0n) is 26.1. The Hall–Kier alpha value is -3.83. The molecule has 3 heterocycles. The number of nitrogens with zero attached hydrogens (tertiary/aromatic N) is 3. The highest BCUT2D eigenvalue weighted by atomic mass is 28.4. The van der Waals surface area contributed by atoms with Crippen molar-refractivity contribution in [1.29, 1.82) is 0 Å². The Balaban J connectivity index is 1.31. The summed E-state index contributed by atoms with van der Waals surface area (Å²) in [4.78, 5) is 57.2. The molecule has 3 aromatic carbocycles. The van der Waals surface area contributed by atoms with Crippen LogP contribution in [0, 0.1) is 5.92 Å². The summed E-state index contributed by atoms with van der Waals surface area (Å²) in [5, 5.41) is 9.76. The third-order valence-corrected chi connectivity index (χ3v) is 12.1. The number of hydrogen-bond donors (Lipinski definition) is 2. The predicted octanol–water partition coefficient (Wildman–Crippen LogP) is 4.18. The van der Waals surface area contributed by atoms with Crippen LogP contribution in [0.1, 0.15) is 36.5 Å². The van der Waals surface area contributed by atoms with E-state index in [1.54, 1.807) is 14.7 Å². The van der Waals surface area contributed by atoms with E-state index in [0.717, 1.165) is 28.1 Å². The van der Waals surface area contributed by atoms with Gasteiger partial charge in [-0.15, -0.1) is 0 Å². The van der Waals surface area contributed by atoms with Gasteiger partial charge in [-0.1, -0.05) is 67.6 Å². The van der Waals surface area contributed by atoms with Gasteiger partial charge >= 0.3 is 0 Å². The summed E-state index contributed by atoms with van der Waals surface area (Å²) in [5.41, 5.74) is 2.39. The number of fused-ring (bicyclic) bond motifs is 2. The summed E-state index contributed by atoms with van der Waals surface area (Å²) in [5.74, 6) is -0.716. The molecule has 2 fully saturated rings. The Morgan fingerprint density at radius 3 is 2.40 bits per heavy atom. The fraction of sp³-hybridized carbons (Fsp3) is 0.400. The van der Waals surface area contributed by atoms with Crippen molar-refractivity contribution < 1.29 is 29.0 Å². The second-order valence-corrected chi connectivity index (χ2v) is 16.9. The van der Waals surface area contributed by atoms with Crippen molar-refractivity contribution in [3.8, 4) is 0 Å². The highest BCUT2D eigenvalue weighted by Crippen LogP contribution is 2.59. The molecule has 6 rings (SSSR count). The molecule has 0 radical (unpaired) electrons. The van der Waals surface area contributed by atoms with E-state index >= 15 is 0 Å². The summed E-state index contributed by atoms with van der Waals surface area (Å²) in [6.45, 7) is 6.96. The van der Waals surface area contributed by atoms with E-state index in [4.69, 9.17) is 4.74 Å². The Labute approximate surface area is 265 Å². The quantitative estimate of drug-likeness (QED) is 0.258. The largest absolute Gasteiger partial charge is 0.432 e. The number of amides is 3. The Morgan fingerprint density at radius 2 is 1.73 bits per heavy atom. The van der Waals surface area contributed by atoms with Crippen molar-refractivity contribution in [2.24, 2.45) is 5.92 Å². The maximum atomic E-state index is 14.7. The van der Waals surface area contributed by atoms with E-state index in [9.17, 15) is 24.3 Å². The number of anilines is 2. The van der Waals surface area contributed by atoms with Crippen LogP contribution in [-0.2, 0) is 37.8 Å². The SMILES string of the molecule is C[C@H]1[C@H]([Si](C)(C)O)[C@@H](CC(=O)N(CCO)Cc2ccccc2)O[C@]12C(=O)N(Cc1cccc(N3CCC3=O)c1)c1ccccc12. The number of ether oxygens (including phenoxy) is 1. The average Bonchev–Trinajstić information content (AvgIpc) is 3.43. The molecule has 0 bridgehead atoms. The van der Waals surface area contributed by atoms with Gasteiger partial charge < -0.3 is 29.3 Å². The van der Waals surface area contributed by atoms with Crippen LogP contribution in [0.25, 0.3) is 0 Å². The molecule has 0 saturated carbocycles. The summed E-state index contributed by atoms with van der Waals surface area (Å²) < 4.78 is 6.84. The number of β-lactam (4-membered cyclic amide) rings is 1. The third kappa shape index (κ3) is 5.61. The van der Waals surface area contributed by atoms with Crippen molar-refractivity contribution >= 4 is 37.4 Å². The Kier molecular flexibility index (Phi) is 8.42. The summed E-state index contributed by atoms with van der Waals surface area (Å²) >= 11 is 0. The maximum Gasteiger partial charge on any atom is 0.264 e. The van der Waals surface area contributed by atoms with Gasteiger partial charge in [-0.25, -0.2) is 0 Å². The van der Waals surface area contributed by atoms with E-state index in [2.05, 4.69) is 0 Å². The predicted molar refractivity (Wildman–Crippen MR) is 174 cm³/mol. The molecule has 0 aliphatic carbocycles. The molecule has 10 heteroatoms. The van der Waals surface area contributed by atoms with Crippen LogP contribution in [0.5, 0.6) is 0 Å². The monoisotopic (exact) mass is 627 g/mol. The van der Waals surface area contributed by atoms with E-state index in [1.165, 1.54) is 0 Å². The number of aliphatic hydroxyl groups excluding tert-OH is 1. The van der Waals surface area contributed by atoms with Crippen molar-refractivity contribution in [2.75, 3.05) is 29.5 Å². The zero-order valence-corrected chi connectivity index (χ0v) is 27.1. The summed E-state index contributed by atoms with van der Waals surface area (Å²) in [7, 11) is -2.96. The van der Waals surface area contributed by atoms with Crippen molar-refractivity contribution in [3.63, 3.8) is 0 Å². The minimum Gasteiger partial charge on any atom is -0.432 e. The lowest BCUT2D eigenvalue weighted by Gasteiger charge is -2.33. The number of hydrogen-bond acceptors (Lipinski definition) is 6. The van der Waals surface area contributed by atoms with Crippen LogP contribution >= 0.6 is 0 Å². The molecular formula is C35H41N3O6Si.